The molecular weight excluding hydrogens is 705 g/mol. The molecule has 0 saturated heterocycles. The van der Waals surface area contributed by atoms with Crippen LogP contribution in [0.25, 0.3) is 100 Å². The van der Waals surface area contributed by atoms with E-state index in [4.69, 9.17) is 14.4 Å². The summed E-state index contributed by atoms with van der Waals surface area (Å²) >= 11 is 0. The van der Waals surface area contributed by atoms with Gasteiger partial charge in [0, 0.05) is 32.9 Å². The molecule has 8 aromatic carbocycles. The Morgan fingerprint density at radius 2 is 0.914 bits per heavy atom. The quantitative estimate of drug-likeness (QED) is 0.170. The number of aromatic nitrogens is 2. The summed E-state index contributed by atoms with van der Waals surface area (Å²) in [4.78, 5) is 10.6. The van der Waals surface area contributed by atoms with Gasteiger partial charge in [0.25, 0.3) is 0 Å². The first-order valence-corrected chi connectivity index (χ1v) is 19.9. The third-order valence-electron chi connectivity index (χ3n) is 11.9. The minimum Gasteiger partial charge on any atom is -0.456 e. The Balaban J connectivity index is 1.16. The molecule has 0 fully saturated rings. The number of hydrogen-bond donors (Lipinski definition) is 0. The second-order valence-electron chi connectivity index (χ2n) is 15.7. The maximum absolute atomic E-state index is 6.40. The fraction of sp³-hybridized carbons (Fsp3) is 0.0545. The van der Waals surface area contributed by atoms with Gasteiger partial charge in [-0.2, -0.15) is 0 Å². The molecule has 0 radical (unpaired) electrons. The molecule has 1 aliphatic rings. The summed E-state index contributed by atoms with van der Waals surface area (Å²) in [6.45, 7) is 4.65. The van der Waals surface area contributed by atoms with Crippen LogP contribution in [0.4, 0.5) is 0 Å². The summed E-state index contributed by atoms with van der Waals surface area (Å²) in [5.74, 6) is 0.690. The Morgan fingerprint density at radius 1 is 0.362 bits per heavy atom. The van der Waals surface area contributed by atoms with Gasteiger partial charge in [-0.15, -0.1) is 0 Å². The number of benzene rings is 8. The lowest BCUT2D eigenvalue weighted by Crippen LogP contribution is -2.14. The van der Waals surface area contributed by atoms with Crippen LogP contribution in [0.2, 0.25) is 0 Å². The number of fused-ring (bicyclic) bond motifs is 6. The van der Waals surface area contributed by atoms with E-state index in [0.29, 0.717) is 5.82 Å². The highest BCUT2D eigenvalue weighted by molar-refractivity contribution is 6.12. The zero-order chi connectivity index (χ0) is 38.8. The first-order valence-electron chi connectivity index (χ1n) is 19.9. The SMILES string of the molecule is CC1(C)c2ccccc2-c2ccc(-c3cc(-c4cc(-c5ccccc5-c5ccccc5)cc(-c5cccc6oc7ccccc7c56)c4)nc(-c4ccccc4)n3)cc21. The smallest absolute Gasteiger partial charge is 0.160 e. The molecule has 2 heterocycles. The number of rotatable bonds is 6. The van der Waals surface area contributed by atoms with Crippen molar-refractivity contribution in [3.63, 3.8) is 0 Å². The summed E-state index contributed by atoms with van der Waals surface area (Å²) < 4.78 is 6.40. The monoisotopic (exact) mass is 742 g/mol. The second-order valence-corrected chi connectivity index (χ2v) is 15.7. The zero-order valence-corrected chi connectivity index (χ0v) is 32.3. The van der Waals surface area contributed by atoms with E-state index in [0.717, 1.165) is 72.3 Å². The Bertz CT molecular complexity index is 3190. The van der Waals surface area contributed by atoms with Crippen molar-refractivity contribution in [3.8, 4) is 78.4 Å². The average molecular weight is 743 g/mol. The third-order valence-corrected chi connectivity index (χ3v) is 11.9. The molecule has 0 atom stereocenters. The van der Waals surface area contributed by atoms with Gasteiger partial charge in [-0.25, -0.2) is 9.97 Å². The van der Waals surface area contributed by atoms with Gasteiger partial charge in [-0.3, -0.25) is 0 Å². The molecule has 0 unspecified atom stereocenters. The van der Waals surface area contributed by atoms with Crippen molar-refractivity contribution in [2.45, 2.75) is 19.3 Å². The van der Waals surface area contributed by atoms with Crippen LogP contribution < -0.4 is 0 Å². The molecule has 3 nitrogen and oxygen atoms in total. The maximum atomic E-state index is 6.40. The number of furan rings is 1. The number of nitrogens with zero attached hydrogens (tertiary/aromatic N) is 2. The number of hydrogen-bond acceptors (Lipinski definition) is 3. The van der Waals surface area contributed by atoms with Crippen molar-refractivity contribution in [2.75, 3.05) is 0 Å². The van der Waals surface area contributed by atoms with Crippen LogP contribution in [-0.4, -0.2) is 9.97 Å². The molecule has 0 amide bonds. The molecule has 58 heavy (non-hydrogen) atoms. The molecule has 11 rings (SSSR count). The van der Waals surface area contributed by atoms with Gasteiger partial charge >= 0.3 is 0 Å². The molecule has 0 bridgehead atoms. The summed E-state index contributed by atoms with van der Waals surface area (Å²) in [5, 5.41) is 2.20. The van der Waals surface area contributed by atoms with E-state index in [1.165, 1.54) is 33.4 Å². The molecule has 10 aromatic rings. The van der Waals surface area contributed by atoms with Crippen molar-refractivity contribution in [1.29, 1.82) is 0 Å². The molecule has 3 heteroatoms. The Morgan fingerprint density at radius 3 is 1.69 bits per heavy atom. The van der Waals surface area contributed by atoms with Gasteiger partial charge in [0.05, 0.1) is 11.4 Å². The van der Waals surface area contributed by atoms with E-state index in [1.807, 2.05) is 18.2 Å². The predicted octanol–water partition coefficient (Wildman–Crippen LogP) is 14.7. The molecule has 2 aromatic heterocycles. The van der Waals surface area contributed by atoms with E-state index < -0.39 is 0 Å². The lowest BCUT2D eigenvalue weighted by atomic mass is 9.82. The Labute approximate surface area is 338 Å². The van der Waals surface area contributed by atoms with Gasteiger partial charge in [0.1, 0.15) is 11.2 Å². The molecule has 0 spiro atoms. The zero-order valence-electron chi connectivity index (χ0n) is 32.3. The van der Waals surface area contributed by atoms with Gasteiger partial charge in [0.2, 0.25) is 0 Å². The topological polar surface area (TPSA) is 38.9 Å². The van der Waals surface area contributed by atoms with Gasteiger partial charge < -0.3 is 4.42 Å². The van der Waals surface area contributed by atoms with Crippen LogP contribution in [0, 0.1) is 0 Å². The van der Waals surface area contributed by atoms with Crippen LogP contribution in [0.5, 0.6) is 0 Å². The van der Waals surface area contributed by atoms with E-state index in [2.05, 4.69) is 190 Å². The molecule has 0 aliphatic heterocycles. The Kier molecular flexibility index (Phi) is 7.84. The third kappa shape index (κ3) is 5.58. The van der Waals surface area contributed by atoms with Crippen LogP contribution in [0.1, 0.15) is 25.0 Å². The van der Waals surface area contributed by atoms with Crippen LogP contribution in [-0.2, 0) is 5.41 Å². The van der Waals surface area contributed by atoms with E-state index >= 15 is 0 Å². The highest BCUT2D eigenvalue weighted by Gasteiger charge is 2.35. The minimum absolute atomic E-state index is 0.131. The first-order chi connectivity index (χ1) is 28.5. The highest BCUT2D eigenvalue weighted by atomic mass is 16.3. The largest absolute Gasteiger partial charge is 0.456 e. The maximum Gasteiger partial charge on any atom is 0.160 e. The molecule has 0 N–H and O–H groups in total. The lowest BCUT2D eigenvalue weighted by molar-refractivity contribution is 0.660. The molecule has 1 aliphatic carbocycles. The van der Waals surface area contributed by atoms with Gasteiger partial charge in [-0.1, -0.05) is 166 Å². The van der Waals surface area contributed by atoms with Crippen molar-refractivity contribution in [1.82, 2.24) is 9.97 Å². The minimum atomic E-state index is -0.131. The average Bonchev–Trinajstić information content (AvgIpc) is 3.78. The van der Waals surface area contributed by atoms with E-state index in [-0.39, 0.29) is 5.41 Å². The summed E-state index contributed by atoms with van der Waals surface area (Å²) in [6.07, 6.45) is 0. The van der Waals surface area contributed by atoms with Crippen molar-refractivity contribution < 1.29 is 4.42 Å². The van der Waals surface area contributed by atoms with Crippen molar-refractivity contribution in [2.24, 2.45) is 0 Å². The molecule has 0 saturated carbocycles. The van der Waals surface area contributed by atoms with Crippen molar-refractivity contribution in [3.05, 3.63) is 205 Å². The fourth-order valence-electron chi connectivity index (χ4n) is 9.03. The standard InChI is InChI=1S/C55H38N2O/c1-55(2)47-25-13-11-22-44(47)45-29-28-37(33-48(45)55)49-34-50(57-54(56-49)36-18-7-4-8-19-36)40-31-38(42-21-10-9-20-41(42)35-16-5-3-6-17-35)30-39(32-40)43-24-15-27-52-53(43)46-23-12-14-26-51(46)58-52/h3-34H,1-2H3. The fourth-order valence-corrected chi connectivity index (χ4v) is 9.03. The first kappa shape index (κ1) is 33.9. The van der Waals surface area contributed by atoms with Crippen molar-refractivity contribution >= 4 is 21.9 Å². The summed E-state index contributed by atoms with van der Waals surface area (Å²) in [5.41, 5.74) is 18.5. The second kappa shape index (κ2) is 13.4. The molecular formula is C55H38N2O. The predicted molar refractivity (Wildman–Crippen MR) is 239 cm³/mol. The summed E-state index contributed by atoms with van der Waals surface area (Å²) in [6, 6.07) is 69.0. The van der Waals surface area contributed by atoms with E-state index in [9.17, 15) is 0 Å². The van der Waals surface area contributed by atoms with Gasteiger partial charge in [-0.05, 0) is 98.1 Å². The lowest BCUT2D eigenvalue weighted by Gasteiger charge is -2.22. The Hall–Kier alpha value is -7.36. The van der Waals surface area contributed by atoms with Crippen LogP contribution in [0.3, 0.4) is 0 Å². The normalized spacial score (nSPS) is 12.8. The van der Waals surface area contributed by atoms with Crippen LogP contribution in [0.15, 0.2) is 199 Å². The number of para-hydroxylation sites is 1. The summed E-state index contributed by atoms with van der Waals surface area (Å²) in [7, 11) is 0. The van der Waals surface area contributed by atoms with Crippen LogP contribution >= 0.6 is 0 Å². The molecule has 274 valence electrons. The van der Waals surface area contributed by atoms with E-state index in [1.54, 1.807) is 0 Å². The highest BCUT2D eigenvalue weighted by Crippen LogP contribution is 2.50. The van der Waals surface area contributed by atoms with Gasteiger partial charge in [0.15, 0.2) is 5.82 Å².